The van der Waals surface area contributed by atoms with Crippen LogP contribution in [0.5, 0.6) is 0 Å². The van der Waals surface area contributed by atoms with Crippen molar-refractivity contribution in [1.29, 1.82) is 0 Å². The van der Waals surface area contributed by atoms with Gasteiger partial charge in [-0.2, -0.15) is 0 Å². The lowest BCUT2D eigenvalue weighted by atomic mass is 10.0. The number of allylic oxidation sites excluding steroid dienone is 6. The number of carbonyl (C=O) groups is 3. The standard InChI is InChI=1S/C63H116O6/c1-4-7-10-13-16-19-22-25-26-27-28-29-30-31-32-33-34-35-36-39-41-44-47-50-53-56-62(65)68-59-60(69-63(66)57-54-51-48-45-42-38-24-21-18-15-12-9-6-3)58-67-61(64)55-52-49-46-43-40-37-23-20-17-14-11-8-5-2/h12,15,21,24,27-28,60H,4-11,13-14,16-20,22-23,25-26,29-59H2,1-3H3/b15-12-,24-21-,28-27-. The molecule has 0 aromatic heterocycles. The van der Waals surface area contributed by atoms with Gasteiger partial charge in [-0.3, -0.25) is 14.4 Å². The third-order valence-electron chi connectivity index (χ3n) is 13.6. The minimum absolute atomic E-state index is 0.0739. The van der Waals surface area contributed by atoms with Crippen molar-refractivity contribution >= 4 is 17.9 Å². The van der Waals surface area contributed by atoms with Crippen molar-refractivity contribution in [3.8, 4) is 0 Å². The van der Waals surface area contributed by atoms with Crippen LogP contribution in [-0.2, 0) is 28.6 Å². The maximum Gasteiger partial charge on any atom is 0.306 e. The van der Waals surface area contributed by atoms with Crippen LogP contribution in [0.15, 0.2) is 36.5 Å². The Kier molecular flexibility index (Phi) is 56.2. The van der Waals surface area contributed by atoms with Crippen LogP contribution in [-0.4, -0.2) is 37.2 Å². The molecule has 0 heterocycles. The highest BCUT2D eigenvalue weighted by Gasteiger charge is 2.19. The van der Waals surface area contributed by atoms with Crippen molar-refractivity contribution in [2.24, 2.45) is 0 Å². The lowest BCUT2D eigenvalue weighted by Crippen LogP contribution is -2.30. The van der Waals surface area contributed by atoms with Crippen LogP contribution in [0, 0.1) is 0 Å². The van der Waals surface area contributed by atoms with Gasteiger partial charge in [0.2, 0.25) is 0 Å². The van der Waals surface area contributed by atoms with Gasteiger partial charge in [0.05, 0.1) is 0 Å². The molecule has 6 nitrogen and oxygen atoms in total. The summed E-state index contributed by atoms with van der Waals surface area (Å²) in [5.41, 5.74) is 0. The van der Waals surface area contributed by atoms with E-state index < -0.39 is 6.10 Å². The first-order chi connectivity index (χ1) is 34.0. The molecule has 6 heteroatoms. The molecular weight excluding hydrogens is 853 g/mol. The molecule has 0 radical (unpaired) electrons. The number of carbonyl (C=O) groups excluding carboxylic acids is 3. The average Bonchev–Trinajstić information content (AvgIpc) is 3.35. The monoisotopic (exact) mass is 969 g/mol. The van der Waals surface area contributed by atoms with Gasteiger partial charge in [-0.1, -0.05) is 276 Å². The summed E-state index contributed by atoms with van der Waals surface area (Å²) in [6.07, 6.45) is 70.1. The van der Waals surface area contributed by atoms with Gasteiger partial charge in [-0.05, 0) is 70.6 Å². The molecule has 0 fully saturated rings. The minimum atomic E-state index is -0.776. The lowest BCUT2D eigenvalue weighted by Gasteiger charge is -2.18. The highest BCUT2D eigenvalue weighted by atomic mass is 16.6. The summed E-state index contributed by atoms with van der Waals surface area (Å²) in [4.78, 5) is 38.1. The summed E-state index contributed by atoms with van der Waals surface area (Å²) in [7, 11) is 0. The summed E-state index contributed by atoms with van der Waals surface area (Å²) in [6, 6.07) is 0. The fraction of sp³-hybridized carbons (Fsp3) is 0.857. The molecular formula is C63H116O6. The van der Waals surface area contributed by atoms with Crippen molar-refractivity contribution in [3.63, 3.8) is 0 Å². The van der Waals surface area contributed by atoms with E-state index in [4.69, 9.17) is 14.2 Å². The van der Waals surface area contributed by atoms with E-state index in [1.54, 1.807) is 0 Å². The quantitative estimate of drug-likeness (QED) is 0.0261. The molecule has 0 saturated heterocycles. The maximum absolute atomic E-state index is 12.8. The normalized spacial score (nSPS) is 12.2. The Hall–Kier alpha value is -2.37. The maximum atomic E-state index is 12.8. The number of unbranched alkanes of at least 4 members (excludes halogenated alkanes) is 39. The van der Waals surface area contributed by atoms with Crippen LogP contribution in [0.2, 0.25) is 0 Å². The number of hydrogen-bond acceptors (Lipinski definition) is 6. The van der Waals surface area contributed by atoms with E-state index in [9.17, 15) is 14.4 Å². The highest BCUT2D eigenvalue weighted by Crippen LogP contribution is 2.17. The van der Waals surface area contributed by atoms with Gasteiger partial charge in [0, 0.05) is 19.3 Å². The fourth-order valence-corrected chi connectivity index (χ4v) is 9.01. The van der Waals surface area contributed by atoms with Crippen LogP contribution >= 0.6 is 0 Å². The third-order valence-corrected chi connectivity index (χ3v) is 13.6. The SMILES string of the molecule is CCC/C=C\C/C=C\CCCCCCCC(=O)OC(COC(=O)CCCCCCCCCCCCCCC)COC(=O)CCCCCCCCCCCCCCC/C=C\CCCCCCCCCC. The first-order valence-electron chi connectivity index (χ1n) is 30.5. The van der Waals surface area contributed by atoms with Gasteiger partial charge >= 0.3 is 17.9 Å². The first kappa shape index (κ1) is 66.6. The molecule has 1 unspecified atom stereocenters. The molecule has 0 bridgehead atoms. The van der Waals surface area contributed by atoms with E-state index in [-0.39, 0.29) is 31.1 Å². The highest BCUT2D eigenvalue weighted by molar-refractivity contribution is 5.71. The molecule has 0 aliphatic rings. The van der Waals surface area contributed by atoms with Crippen LogP contribution in [0.4, 0.5) is 0 Å². The molecule has 0 saturated carbocycles. The summed E-state index contributed by atoms with van der Waals surface area (Å²) in [5.74, 6) is -0.870. The topological polar surface area (TPSA) is 78.9 Å². The third kappa shape index (κ3) is 56.4. The number of hydrogen-bond donors (Lipinski definition) is 0. The fourth-order valence-electron chi connectivity index (χ4n) is 9.01. The largest absolute Gasteiger partial charge is 0.462 e. The predicted octanol–water partition coefficient (Wildman–Crippen LogP) is 20.4. The van der Waals surface area contributed by atoms with Gasteiger partial charge in [0.15, 0.2) is 6.10 Å². The smallest absolute Gasteiger partial charge is 0.306 e. The second kappa shape index (κ2) is 58.2. The molecule has 0 aromatic rings. The van der Waals surface area contributed by atoms with Gasteiger partial charge in [-0.15, -0.1) is 0 Å². The number of ether oxygens (including phenoxy) is 3. The summed E-state index contributed by atoms with van der Waals surface area (Å²) in [6.45, 7) is 6.61. The van der Waals surface area contributed by atoms with E-state index in [0.29, 0.717) is 19.3 Å². The Morgan fingerprint density at radius 1 is 0.290 bits per heavy atom. The Morgan fingerprint density at radius 3 is 0.870 bits per heavy atom. The zero-order chi connectivity index (χ0) is 50.0. The Bertz CT molecular complexity index is 1160. The Balaban J connectivity index is 4.21. The zero-order valence-corrected chi connectivity index (χ0v) is 46.3. The van der Waals surface area contributed by atoms with Crippen molar-refractivity contribution < 1.29 is 28.6 Å². The van der Waals surface area contributed by atoms with Crippen LogP contribution in [0.3, 0.4) is 0 Å². The van der Waals surface area contributed by atoms with Gasteiger partial charge in [0.25, 0.3) is 0 Å². The summed E-state index contributed by atoms with van der Waals surface area (Å²) in [5, 5.41) is 0. The van der Waals surface area contributed by atoms with Crippen LogP contribution < -0.4 is 0 Å². The second-order valence-corrected chi connectivity index (χ2v) is 20.6. The predicted molar refractivity (Wildman–Crippen MR) is 298 cm³/mol. The lowest BCUT2D eigenvalue weighted by molar-refractivity contribution is -0.167. The van der Waals surface area contributed by atoms with Crippen molar-refractivity contribution in [1.82, 2.24) is 0 Å². The average molecular weight is 970 g/mol. The van der Waals surface area contributed by atoms with Gasteiger partial charge < -0.3 is 14.2 Å². The Labute approximate surface area is 429 Å². The van der Waals surface area contributed by atoms with Gasteiger partial charge in [-0.25, -0.2) is 0 Å². The van der Waals surface area contributed by atoms with E-state index >= 15 is 0 Å². The van der Waals surface area contributed by atoms with Crippen molar-refractivity contribution in [2.45, 2.75) is 335 Å². The van der Waals surface area contributed by atoms with E-state index in [1.807, 2.05) is 0 Å². The number of esters is 3. The molecule has 404 valence electrons. The Morgan fingerprint density at radius 2 is 0.551 bits per heavy atom. The first-order valence-corrected chi connectivity index (χ1v) is 30.5. The molecule has 69 heavy (non-hydrogen) atoms. The molecule has 0 spiro atoms. The summed E-state index contributed by atoms with van der Waals surface area (Å²) < 4.78 is 16.9. The van der Waals surface area contributed by atoms with Crippen molar-refractivity contribution in [2.75, 3.05) is 13.2 Å². The van der Waals surface area contributed by atoms with Crippen LogP contribution in [0.1, 0.15) is 329 Å². The van der Waals surface area contributed by atoms with E-state index in [1.165, 1.54) is 199 Å². The molecule has 0 aromatic carbocycles. The molecule has 0 aliphatic heterocycles. The second-order valence-electron chi connectivity index (χ2n) is 20.6. The zero-order valence-electron chi connectivity index (χ0n) is 46.3. The van der Waals surface area contributed by atoms with E-state index in [2.05, 4.69) is 57.2 Å². The molecule has 0 rings (SSSR count). The molecule has 0 amide bonds. The van der Waals surface area contributed by atoms with E-state index in [0.717, 1.165) is 89.9 Å². The minimum Gasteiger partial charge on any atom is -0.462 e. The van der Waals surface area contributed by atoms with Crippen molar-refractivity contribution in [3.05, 3.63) is 36.5 Å². The summed E-state index contributed by atoms with van der Waals surface area (Å²) >= 11 is 0. The molecule has 0 N–H and O–H groups in total. The molecule has 0 aliphatic carbocycles. The molecule has 1 atom stereocenters. The van der Waals surface area contributed by atoms with Gasteiger partial charge in [0.1, 0.15) is 13.2 Å². The number of rotatable bonds is 56. The van der Waals surface area contributed by atoms with Crippen LogP contribution in [0.25, 0.3) is 0 Å².